The molecular formula is C13H25N3S. The van der Waals surface area contributed by atoms with E-state index in [1.54, 1.807) is 11.3 Å². The summed E-state index contributed by atoms with van der Waals surface area (Å²) in [4.78, 5) is 0. The largest absolute Gasteiger partial charge is 0.360 e. The molecule has 0 aliphatic heterocycles. The second-order valence-electron chi connectivity index (χ2n) is 4.53. The lowest BCUT2D eigenvalue weighted by molar-refractivity contribution is 0.581. The van der Waals surface area contributed by atoms with Gasteiger partial charge in [0, 0.05) is 6.54 Å². The van der Waals surface area contributed by atoms with Crippen LogP contribution in [0.15, 0.2) is 0 Å². The van der Waals surface area contributed by atoms with Crippen LogP contribution in [0.4, 0.5) is 5.13 Å². The van der Waals surface area contributed by atoms with E-state index in [2.05, 4.69) is 22.4 Å². The fourth-order valence-corrected chi connectivity index (χ4v) is 2.44. The van der Waals surface area contributed by atoms with Gasteiger partial charge in [-0.2, -0.15) is 0 Å². The van der Waals surface area contributed by atoms with Crippen molar-refractivity contribution in [1.29, 1.82) is 0 Å². The normalized spacial score (nSPS) is 10.7. The molecule has 0 spiro atoms. The first-order valence-corrected chi connectivity index (χ1v) is 7.68. The van der Waals surface area contributed by atoms with E-state index in [1.807, 2.05) is 6.92 Å². The van der Waals surface area contributed by atoms with Gasteiger partial charge in [0.25, 0.3) is 0 Å². The molecule has 0 atom stereocenters. The monoisotopic (exact) mass is 255 g/mol. The first kappa shape index (κ1) is 14.4. The molecule has 1 aromatic heterocycles. The minimum absolute atomic E-state index is 0.963. The van der Waals surface area contributed by atoms with Crippen LogP contribution in [0.2, 0.25) is 0 Å². The second-order valence-corrected chi connectivity index (χ2v) is 5.71. The van der Waals surface area contributed by atoms with E-state index in [0.29, 0.717) is 0 Å². The van der Waals surface area contributed by atoms with Crippen LogP contribution < -0.4 is 5.32 Å². The van der Waals surface area contributed by atoms with Gasteiger partial charge >= 0.3 is 0 Å². The molecule has 0 aliphatic carbocycles. The number of rotatable bonds is 10. The maximum Gasteiger partial charge on any atom is 0.205 e. The van der Waals surface area contributed by atoms with E-state index in [9.17, 15) is 0 Å². The van der Waals surface area contributed by atoms with Crippen molar-refractivity contribution in [2.75, 3.05) is 11.9 Å². The van der Waals surface area contributed by atoms with Crippen LogP contribution in [0.3, 0.4) is 0 Å². The first-order chi connectivity index (χ1) is 8.33. The van der Waals surface area contributed by atoms with Gasteiger partial charge in [0.05, 0.1) is 0 Å². The molecule has 3 nitrogen and oxygen atoms in total. The van der Waals surface area contributed by atoms with E-state index in [-0.39, 0.29) is 0 Å². The van der Waals surface area contributed by atoms with Gasteiger partial charge in [-0.25, -0.2) is 0 Å². The van der Waals surface area contributed by atoms with Crippen molar-refractivity contribution in [3.05, 3.63) is 5.01 Å². The third-order valence-electron chi connectivity index (χ3n) is 2.83. The predicted molar refractivity (Wildman–Crippen MR) is 75.7 cm³/mol. The molecule has 1 N–H and O–H groups in total. The van der Waals surface area contributed by atoms with E-state index in [1.165, 1.54) is 51.4 Å². The van der Waals surface area contributed by atoms with Gasteiger partial charge in [-0.1, -0.05) is 63.2 Å². The third-order valence-corrected chi connectivity index (χ3v) is 3.63. The summed E-state index contributed by atoms with van der Waals surface area (Å²) in [6.45, 7) is 5.28. The number of unbranched alkanes of at least 4 members (excludes halogenated alkanes) is 7. The van der Waals surface area contributed by atoms with Crippen molar-refractivity contribution in [2.45, 2.75) is 65.2 Å². The van der Waals surface area contributed by atoms with Gasteiger partial charge in [-0.3, -0.25) is 0 Å². The summed E-state index contributed by atoms with van der Waals surface area (Å²) >= 11 is 1.63. The highest BCUT2D eigenvalue weighted by molar-refractivity contribution is 7.15. The van der Waals surface area contributed by atoms with Gasteiger partial charge in [-0.05, 0) is 13.3 Å². The fourth-order valence-electron chi connectivity index (χ4n) is 1.82. The second kappa shape index (κ2) is 9.40. The molecule has 0 saturated carbocycles. The van der Waals surface area contributed by atoms with Crippen molar-refractivity contribution < 1.29 is 0 Å². The lowest BCUT2D eigenvalue weighted by Crippen LogP contribution is -2.00. The Morgan fingerprint density at radius 1 is 0.941 bits per heavy atom. The summed E-state index contributed by atoms with van der Waals surface area (Å²) in [6.07, 6.45) is 10.9. The van der Waals surface area contributed by atoms with Crippen LogP contribution in [0, 0.1) is 6.92 Å². The van der Waals surface area contributed by atoms with E-state index < -0.39 is 0 Å². The van der Waals surface area contributed by atoms with Crippen LogP contribution >= 0.6 is 11.3 Å². The Bertz CT molecular complexity index is 286. The average molecular weight is 255 g/mol. The Morgan fingerprint density at radius 3 is 2.18 bits per heavy atom. The van der Waals surface area contributed by atoms with E-state index in [4.69, 9.17) is 0 Å². The van der Waals surface area contributed by atoms with Crippen molar-refractivity contribution >= 4 is 16.5 Å². The van der Waals surface area contributed by atoms with Crippen LogP contribution in [0.5, 0.6) is 0 Å². The molecule has 17 heavy (non-hydrogen) atoms. The predicted octanol–water partition coefficient (Wildman–Crippen LogP) is 4.40. The molecule has 0 unspecified atom stereocenters. The number of hydrogen-bond acceptors (Lipinski definition) is 4. The van der Waals surface area contributed by atoms with Crippen LogP contribution in [0.1, 0.15) is 63.3 Å². The average Bonchev–Trinajstić information content (AvgIpc) is 2.73. The summed E-state index contributed by atoms with van der Waals surface area (Å²) in [6, 6.07) is 0. The number of nitrogens with zero attached hydrogens (tertiary/aromatic N) is 2. The molecule has 98 valence electrons. The summed E-state index contributed by atoms with van der Waals surface area (Å²) in [5.41, 5.74) is 0. The lowest BCUT2D eigenvalue weighted by atomic mass is 10.1. The highest BCUT2D eigenvalue weighted by Gasteiger charge is 1.98. The van der Waals surface area contributed by atoms with Crippen molar-refractivity contribution in [2.24, 2.45) is 0 Å². The number of hydrogen-bond donors (Lipinski definition) is 1. The smallest absolute Gasteiger partial charge is 0.205 e. The van der Waals surface area contributed by atoms with Crippen molar-refractivity contribution in [3.63, 3.8) is 0 Å². The number of aromatic nitrogens is 2. The van der Waals surface area contributed by atoms with Crippen molar-refractivity contribution in [3.8, 4) is 0 Å². The van der Waals surface area contributed by atoms with Crippen LogP contribution in [-0.2, 0) is 0 Å². The minimum atomic E-state index is 0.963. The lowest BCUT2D eigenvalue weighted by Gasteiger charge is -2.02. The highest BCUT2D eigenvalue weighted by atomic mass is 32.1. The number of anilines is 1. The molecule has 0 aromatic carbocycles. The van der Waals surface area contributed by atoms with Crippen LogP contribution in [0.25, 0.3) is 0 Å². The fraction of sp³-hybridized carbons (Fsp3) is 0.846. The Kier molecular flexibility index (Phi) is 7.97. The summed E-state index contributed by atoms with van der Waals surface area (Å²) in [5.74, 6) is 0. The van der Waals surface area contributed by atoms with Crippen molar-refractivity contribution in [1.82, 2.24) is 10.2 Å². The third kappa shape index (κ3) is 7.31. The standard InChI is InChI=1S/C13H25N3S/c1-3-4-5-6-7-8-9-10-11-14-13-16-15-12(2)17-13/h3-11H2,1-2H3,(H,14,16). The highest BCUT2D eigenvalue weighted by Crippen LogP contribution is 2.14. The Hall–Kier alpha value is -0.640. The number of nitrogens with one attached hydrogen (secondary N) is 1. The molecule has 0 bridgehead atoms. The van der Waals surface area contributed by atoms with Gasteiger partial charge in [0.1, 0.15) is 5.01 Å². The maximum atomic E-state index is 4.04. The topological polar surface area (TPSA) is 37.8 Å². The zero-order valence-corrected chi connectivity index (χ0v) is 12.0. The van der Waals surface area contributed by atoms with E-state index >= 15 is 0 Å². The van der Waals surface area contributed by atoms with Gasteiger partial charge < -0.3 is 5.32 Å². The van der Waals surface area contributed by atoms with Gasteiger partial charge in [-0.15, -0.1) is 10.2 Å². The molecule has 1 aromatic rings. The Balaban J connectivity index is 1.84. The van der Waals surface area contributed by atoms with Crippen LogP contribution in [-0.4, -0.2) is 16.7 Å². The molecule has 1 heterocycles. The summed E-state index contributed by atoms with van der Waals surface area (Å²) < 4.78 is 0. The summed E-state index contributed by atoms with van der Waals surface area (Å²) in [5, 5.41) is 13.3. The SMILES string of the molecule is CCCCCCCCCCNc1nnc(C)s1. The maximum absolute atomic E-state index is 4.04. The molecule has 1 rings (SSSR count). The molecule has 4 heteroatoms. The zero-order valence-electron chi connectivity index (χ0n) is 11.2. The molecule has 0 saturated heterocycles. The minimum Gasteiger partial charge on any atom is -0.360 e. The molecule has 0 fully saturated rings. The zero-order chi connectivity index (χ0) is 12.3. The molecule has 0 aliphatic rings. The van der Waals surface area contributed by atoms with E-state index in [0.717, 1.165) is 16.7 Å². The van der Waals surface area contributed by atoms with Gasteiger partial charge in [0.2, 0.25) is 5.13 Å². The Morgan fingerprint density at radius 2 is 1.59 bits per heavy atom. The number of aryl methyl sites for hydroxylation is 1. The molecule has 0 amide bonds. The summed E-state index contributed by atoms with van der Waals surface area (Å²) in [7, 11) is 0. The Labute approximate surface area is 109 Å². The van der Waals surface area contributed by atoms with Gasteiger partial charge in [0.15, 0.2) is 0 Å². The first-order valence-electron chi connectivity index (χ1n) is 6.87. The molecular weight excluding hydrogens is 230 g/mol. The molecule has 0 radical (unpaired) electrons. The quantitative estimate of drug-likeness (QED) is 0.630.